The summed E-state index contributed by atoms with van der Waals surface area (Å²) in [6, 6.07) is 9.44. The summed E-state index contributed by atoms with van der Waals surface area (Å²) in [5.41, 5.74) is 0.819. The standard InChI is InChI=1S/C17H25NO5/c19-16(20)12-22-10-13-6-8-14(9-7-13)11-23-17(21)18-15-4-2-1-3-5-15/h1-5,13-14,17-18,21H,6-12H2,(H,19,20)/t13-,14-,17?. The molecule has 0 aromatic heterocycles. The van der Waals surface area contributed by atoms with Crippen LogP contribution in [0.15, 0.2) is 30.3 Å². The molecule has 6 heteroatoms. The minimum atomic E-state index is -1.01. The van der Waals surface area contributed by atoms with Crippen molar-refractivity contribution >= 4 is 11.7 Å². The topological polar surface area (TPSA) is 88.0 Å². The van der Waals surface area contributed by atoms with Crippen LogP contribution in [0.5, 0.6) is 0 Å². The van der Waals surface area contributed by atoms with E-state index in [2.05, 4.69) is 5.32 Å². The van der Waals surface area contributed by atoms with Gasteiger partial charge in [-0.3, -0.25) is 0 Å². The summed E-state index contributed by atoms with van der Waals surface area (Å²) in [4.78, 5) is 10.4. The monoisotopic (exact) mass is 323 g/mol. The van der Waals surface area contributed by atoms with Gasteiger partial charge in [0, 0.05) is 5.69 Å². The first-order valence-electron chi connectivity index (χ1n) is 8.04. The summed E-state index contributed by atoms with van der Waals surface area (Å²) >= 11 is 0. The lowest BCUT2D eigenvalue weighted by atomic mass is 9.83. The highest BCUT2D eigenvalue weighted by molar-refractivity contribution is 5.67. The number of ether oxygens (including phenoxy) is 2. The number of aliphatic hydroxyl groups excluding tert-OH is 1. The summed E-state index contributed by atoms with van der Waals surface area (Å²) in [5.74, 6) is -0.0668. The molecule has 1 aromatic rings. The van der Waals surface area contributed by atoms with E-state index in [0.717, 1.165) is 31.4 Å². The number of carbonyl (C=O) groups is 1. The molecule has 1 aromatic carbocycles. The van der Waals surface area contributed by atoms with Gasteiger partial charge in [0.25, 0.3) is 0 Å². The molecule has 0 amide bonds. The summed E-state index contributed by atoms with van der Waals surface area (Å²) < 4.78 is 10.6. The normalized spacial score (nSPS) is 22.5. The molecule has 0 bridgehead atoms. The van der Waals surface area contributed by atoms with Crippen LogP contribution in [0.4, 0.5) is 5.69 Å². The minimum absolute atomic E-state index is 0.222. The summed E-state index contributed by atoms with van der Waals surface area (Å²) in [5, 5.41) is 21.3. The van der Waals surface area contributed by atoms with Crippen LogP contribution in [0.1, 0.15) is 25.7 Å². The van der Waals surface area contributed by atoms with Crippen molar-refractivity contribution in [2.75, 3.05) is 25.1 Å². The molecule has 0 saturated heterocycles. The fourth-order valence-corrected chi connectivity index (χ4v) is 2.82. The highest BCUT2D eigenvalue weighted by atomic mass is 16.6. The van der Waals surface area contributed by atoms with Crippen LogP contribution in [0.25, 0.3) is 0 Å². The van der Waals surface area contributed by atoms with Crippen LogP contribution >= 0.6 is 0 Å². The van der Waals surface area contributed by atoms with E-state index in [4.69, 9.17) is 14.6 Å². The maximum Gasteiger partial charge on any atom is 0.329 e. The zero-order chi connectivity index (χ0) is 16.5. The second-order valence-electron chi connectivity index (χ2n) is 5.99. The molecule has 1 fully saturated rings. The smallest absolute Gasteiger partial charge is 0.329 e. The molecule has 1 aliphatic carbocycles. The van der Waals surface area contributed by atoms with Gasteiger partial charge in [-0.25, -0.2) is 4.79 Å². The fourth-order valence-electron chi connectivity index (χ4n) is 2.82. The summed E-state index contributed by atoms with van der Waals surface area (Å²) in [6.07, 6.45) is 3.04. The van der Waals surface area contributed by atoms with Crippen LogP contribution < -0.4 is 5.32 Å². The average Bonchev–Trinajstić information content (AvgIpc) is 2.55. The van der Waals surface area contributed by atoms with E-state index in [9.17, 15) is 9.90 Å². The first kappa shape index (κ1) is 17.7. The second kappa shape index (κ2) is 9.50. The van der Waals surface area contributed by atoms with E-state index >= 15 is 0 Å². The van der Waals surface area contributed by atoms with Crippen molar-refractivity contribution in [2.24, 2.45) is 11.8 Å². The molecule has 2 rings (SSSR count). The Morgan fingerprint density at radius 3 is 2.35 bits per heavy atom. The van der Waals surface area contributed by atoms with Crippen molar-refractivity contribution in [2.45, 2.75) is 32.1 Å². The summed E-state index contributed by atoms with van der Waals surface area (Å²) in [6.45, 7) is 0.808. The van der Waals surface area contributed by atoms with E-state index in [1.54, 1.807) is 0 Å². The van der Waals surface area contributed by atoms with E-state index in [1.165, 1.54) is 0 Å². The molecule has 128 valence electrons. The fraction of sp³-hybridized carbons (Fsp3) is 0.588. The molecule has 6 nitrogen and oxygen atoms in total. The second-order valence-corrected chi connectivity index (χ2v) is 5.99. The van der Waals surface area contributed by atoms with Gasteiger partial charge in [-0.2, -0.15) is 0 Å². The number of aliphatic hydroxyl groups is 1. The maximum atomic E-state index is 10.4. The predicted molar refractivity (Wildman–Crippen MR) is 85.9 cm³/mol. The molecule has 0 radical (unpaired) electrons. The van der Waals surface area contributed by atoms with E-state index in [1.807, 2.05) is 30.3 Å². The molecular formula is C17H25NO5. The van der Waals surface area contributed by atoms with Crippen molar-refractivity contribution in [1.29, 1.82) is 0 Å². The maximum absolute atomic E-state index is 10.4. The van der Waals surface area contributed by atoms with E-state index in [-0.39, 0.29) is 6.61 Å². The van der Waals surface area contributed by atoms with Crippen LogP contribution in [0.2, 0.25) is 0 Å². The zero-order valence-corrected chi connectivity index (χ0v) is 13.2. The van der Waals surface area contributed by atoms with Crippen LogP contribution in [-0.2, 0) is 14.3 Å². The van der Waals surface area contributed by atoms with Crippen molar-refractivity contribution < 1.29 is 24.5 Å². The Bertz CT molecular complexity index is 459. The quantitative estimate of drug-likeness (QED) is 0.604. The van der Waals surface area contributed by atoms with Crippen molar-refractivity contribution in [1.82, 2.24) is 0 Å². The van der Waals surface area contributed by atoms with E-state index in [0.29, 0.717) is 25.0 Å². The molecule has 1 aliphatic rings. The van der Waals surface area contributed by atoms with Crippen molar-refractivity contribution in [3.8, 4) is 0 Å². The lowest BCUT2D eigenvalue weighted by Crippen LogP contribution is -2.28. The van der Waals surface area contributed by atoms with Gasteiger partial charge in [0.2, 0.25) is 6.41 Å². The third kappa shape index (κ3) is 6.99. The summed E-state index contributed by atoms with van der Waals surface area (Å²) in [7, 11) is 0. The minimum Gasteiger partial charge on any atom is -0.480 e. The highest BCUT2D eigenvalue weighted by Gasteiger charge is 2.22. The predicted octanol–water partition coefficient (Wildman–Crippen LogP) is 2.30. The van der Waals surface area contributed by atoms with Crippen LogP contribution in [0, 0.1) is 11.8 Å². The Kier molecular flexibility index (Phi) is 7.32. The van der Waals surface area contributed by atoms with Gasteiger partial charge in [-0.05, 0) is 49.7 Å². The van der Waals surface area contributed by atoms with Crippen molar-refractivity contribution in [3.63, 3.8) is 0 Å². The number of anilines is 1. The highest BCUT2D eigenvalue weighted by Crippen LogP contribution is 2.29. The van der Waals surface area contributed by atoms with Crippen molar-refractivity contribution in [3.05, 3.63) is 30.3 Å². The van der Waals surface area contributed by atoms with Crippen LogP contribution in [0.3, 0.4) is 0 Å². The van der Waals surface area contributed by atoms with Gasteiger partial charge in [0.1, 0.15) is 6.61 Å². The van der Waals surface area contributed by atoms with Gasteiger partial charge >= 0.3 is 5.97 Å². The van der Waals surface area contributed by atoms with Gasteiger partial charge in [-0.1, -0.05) is 18.2 Å². The third-order valence-corrected chi connectivity index (χ3v) is 4.10. The lowest BCUT2D eigenvalue weighted by molar-refractivity contribution is -0.142. The third-order valence-electron chi connectivity index (χ3n) is 4.10. The molecule has 3 N–H and O–H groups in total. The number of rotatable bonds is 9. The number of carboxylic acids is 1. The Labute approximate surface area is 136 Å². The number of aliphatic carboxylic acids is 1. The molecule has 0 aliphatic heterocycles. The number of hydrogen-bond donors (Lipinski definition) is 3. The Morgan fingerprint density at radius 2 is 1.74 bits per heavy atom. The lowest BCUT2D eigenvalue weighted by Gasteiger charge is -2.28. The number of benzene rings is 1. The van der Waals surface area contributed by atoms with Crippen LogP contribution in [-0.4, -0.2) is 42.4 Å². The number of carboxylic acid groups (broad SMARTS) is 1. The Balaban J connectivity index is 1.58. The molecule has 0 spiro atoms. The zero-order valence-electron chi connectivity index (χ0n) is 13.2. The van der Waals surface area contributed by atoms with Gasteiger partial charge in [-0.15, -0.1) is 0 Å². The molecule has 1 unspecified atom stereocenters. The Hall–Kier alpha value is -1.63. The molecule has 23 heavy (non-hydrogen) atoms. The molecular weight excluding hydrogens is 298 g/mol. The van der Waals surface area contributed by atoms with Gasteiger partial charge < -0.3 is 25.0 Å². The van der Waals surface area contributed by atoms with Gasteiger partial charge in [0.05, 0.1) is 13.2 Å². The Morgan fingerprint density at radius 1 is 1.13 bits per heavy atom. The SMILES string of the molecule is O=C(O)COC[C@H]1CC[C@H](COC(O)Nc2ccccc2)CC1. The van der Waals surface area contributed by atoms with E-state index < -0.39 is 12.4 Å². The number of para-hydroxylation sites is 1. The number of nitrogens with one attached hydrogen (secondary N) is 1. The first-order chi connectivity index (χ1) is 11.1. The van der Waals surface area contributed by atoms with Gasteiger partial charge in [0.15, 0.2) is 0 Å². The average molecular weight is 323 g/mol. The molecule has 0 heterocycles. The molecule has 1 saturated carbocycles. The first-order valence-corrected chi connectivity index (χ1v) is 8.04. The largest absolute Gasteiger partial charge is 0.480 e. The number of hydrogen-bond acceptors (Lipinski definition) is 5. The molecule has 1 atom stereocenters.